The van der Waals surface area contributed by atoms with E-state index in [1.165, 1.54) is 23.9 Å². The van der Waals surface area contributed by atoms with Crippen LogP contribution < -0.4 is 5.32 Å². The Bertz CT molecular complexity index is 774. The van der Waals surface area contributed by atoms with Gasteiger partial charge in [0.15, 0.2) is 0 Å². The Morgan fingerprint density at radius 2 is 1.63 bits per heavy atom. The van der Waals surface area contributed by atoms with E-state index in [0.717, 1.165) is 10.5 Å². The number of hydrogen-bond donors (Lipinski definition) is 2. The van der Waals surface area contributed by atoms with E-state index >= 15 is 0 Å². The zero-order chi connectivity index (χ0) is 19.2. The molecule has 1 atom stereocenters. The lowest BCUT2D eigenvalue weighted by Gasteiger charge is -2.28. The summed E-state index contributed by atoms with van der Waals surface area (Å²) in [4.78, 5) is 24.9. The van der Waals surface area contributed by atoms with Crippen LogP contribution in [-0.4, -0.2) is 23.0 Å². The number of benzene rings is 2. The molecule has 0 bridgehead atoms. The first kappa shape index (κ1) is 19.4. The van der Waals surface area contributed by atoms with Gasteiger partial charge in [0.2, 0.25) is 5.91 Å². The van der Waals surface area contributed by atoms with E-state index in [-0.39, 0.29) is 23.7 Å². The third-order valence-electron chi connectivity index (χ3n) is 4.83. The van der Waals surface area contributed by atoms with Gasteiger partial charge in [-0.25, -0.2) is 4.39 Å². The minimum Gasteiger partial charge on any atom is -0.481 e. The Labute approximate surface area is 162 Å². The first-order chi connectivity index (χ1) is 13.0. The van der Waals surface area contributed by atoms with Crippen LogP contribution in [0.3, 0.4) is 0 Å². The highest BCUT2D eigenvalue weighted by Crippen LogP contribution is 2.36. The van der Waals surface area contributed by atoms with Gasteiger partial charge in [-0.2, -0.15) is 0 Å². The van der Waals surface area contributed by atoms with Gasteiger partial charge in [0.25, 0.3) is 0 Å². The molecule has 1 fully saturated rings. The normalized spacial score (nSPS) is 20.6. The van der Waals surface area contributed by atoms with Gasteiger partial charge in [-0.05, 0) is 55.5 Å². The molecule has 0 spiro atoms. The van der Waals surface area contributed by atoms with Gasteiger partial charge >= 0.3 is 5.97 Å². The maximum Gasteiger partial charge on any atom is 0.306 e. The fourth-order valence-electron chi connectivity index (χ4n) is 3.31. The van der Waals surface area contributed by atoms with Crippen molar-refractivity contribution in [1.82, 2.24) is 5.32 Å². The number of thioether (sulfide) groups is 1. The highest BCUT2D eigenvalue weighted by Gasteiger charge is 2.29. The second-order valence-corrected chi connectivity index (χ2v) is 7.94. The predicted octanol–water partition coefficient (Wildman–Crippen LogP) is 4.42. The molecule has 1 aliphatic rings. The van der Waals surface area contributed by atoms with Crippen molar-refractivity contribution in [3.05, 3.63) is 66.0 Å². The van der Waals surface area contributed by atoms with Crippen molar-refractivity contribution in [2.45, 2.75) is 41.9 Å². The van der Waals surface area contributed by atoms with Gasteiger partial charge in [-0.3, -0.25) is 9.59 Å². The van der Waals surface area contributed by atoms with E-state index in [1.54, 1.807) is 12.1 Å². The van der Waals surface area contributed by atoms with Crippen LogP contribution >= 0.6 is 11.8 Å². The van der Waals surface area contributed by atoms with Gasteiger partial charge in [-0.1, -0.05) is 30.3 Å². The number of halogens is 1. The largest absolute Gasteiger partial charge is 0.481 e. The highest BCUT2D eigenvalue weighted by molar-refractivity contribution is 8.00. The van der Waals surface area contributed by atoms with Crippen LogP contribution in [0.15, 0.2) is 59.5 Å². The Hall–Kier alpha value is -2.34. The molecule has 1 saturated carbocycles. The molecule has 27 heavy (non-hydrogen) atoms. The van der Waals surface area contributed by atoms with Crippen LogP contribution in [0.25, 0.3) is 0 Å². The standard InChI is InChI=1S/C21H22FNO3S/c22-16-8-12-18(13-9-16)27-19(14-4-2-1-3-5-14)20(24)23-17-10-6-15(7-11-17)21(25)26/h1-5,8-9,12-13,15,17,19H,6-7,10-11H2,(H,23,24)(H,25,26). The summed E-state index contributed by atoms with van der Waals surface area (Å²) < 4.78 is 13.2. The molecule has 0 radical (unpaired) electrons. The van der Waals surface area contributed by atoms with Crippen molar-refractivity contribution < 1.29 is 19.1 Å². The lowest BCUT2D eigenvalue weighted by molar-refractivity contribution is -0.142. The van der Waals surface area contributed by atoms with Crippen molar-refractivity contribution in [3.8, 4) is 0 Å². The topological polar surface area (TPSA) is 66.4 Å². The maximum atomic E-state index is 13.2. The van der Waals surface area contributed by atoms with Crippen molar-refractivity contribution >= 4 is 23.6 Å². The Morgan fingerprint density at radius 3 is 2.22 bits per heavy atom. The summed E-state index contributed by atoms with van der Waals surface area (Å²) in [6.07, 6.45) is 2.51. The summed E-state index contributed by atoms with van der Waals surface area (Å²) in [5.41, 5.74) is 0.878. The molecule has 0 aromatic heterocycles. The van der Waals surface area contributed by atoms with Gasteiger partial charge in [-0.15, -0.1) is 11.8 Å². The van der Waals surface area contributed by atoms with Crippen LogP contribution in [0.2, 0.25) is 0 Å². The average molecular weight is 387 g/mol. The highest BCUT2D eigenvalue weighted by atomic mass is 32.2. The smallest absolute Gasteiger partial charge is 0.306 e. The van der Waals surface area contributed by atoms with E-state index < -0.39 is 11.2 Å². The van der Waals surface area contributed by atoms with Crippen molar-refractivity contribution in [3.63, 3.8) is 0 Å². The quantitative estimate of drug-likeness (QED) is 0.720. The number of hydrogen-bond acceptors (Lipinski definition) is 3. The van der Waals surface area contributed by atoms with Crippen molar-refractivity contribution in [2.24, 2.45) is 5.92 Å². The van der Waals surface area contributed by atoms with Crippen LogP contribution in [0, 0.1) is 11.7 Å². The van der Waals surface area contributed by atoms with Crippen LogP contribution in [0.1, 0.15) is 36.5 Å². The van der Waals surface area contributed by atoms with E-state index in [4.69, 9.17) is 5.11 Å². The second kappa shape index (κ2) is 9.04. The number of aliphatic carboxylic acids is 1. The third-order valence-corrected chi connectivity index (χ3v) is 6.10. The number of nitrogens with one attached hydrogen (secondary N) is 1. The Balaban J connectivity index is 1.69. The van der Waals surface area contributed by atoms with Crippen LogP contribution in [-0.2, 0) is 9.59 Å². The monoisotopic (exact) mass is 387 g/mol. The summed E-state index contributed by atoms with van der Waals surface area (Å²) in [7, 11) is 0. The molecule has 142 valence electrons. The molecule has 4 nitrogen and oxygen atoms in total. The molecule has 2 N–H and O–H groups in total. The van der Waals surface area contributed by atoms with Crippen LogP contribution in [0.5, 0.6) is 0 Å². The lowest BCUT2D eigenvalue weighted by Crippen LogP contribution is -2.40. The molecule has 1 aliphatic carbocycles. The van der Waals surface area contributed by atoms with Gasteiger partial charge in [0.05, 0.1) is 5.92 Å². The second-order valence-electron chi connectivity index (χ2n) is 6.76. The fourth-order valence-corrected chi connectivity index (χ4v) is 4.35. The molecular formula is C21H22FNO3S. The van der Waals surface area contributed by atoms with Crippen LogP contribution in [0.4, 0.5) is 4.39 Å². The molecule has 6 heteroatoms. The summed E-state index contributed by atoms with van der Waals surface area (Å²) in [6, 6.07) is 15.6. The molecule has 0 heterocycles. The van der Waals surface area contributed by atoms with E-state index in [9.17, 15) is 14.0 Å². The number of carbonyl (C=O) groups excluding carboxylic acids is 1. The van der Waals surface area contributed by atoms with Gasteiger partial charge in [0.1, 0.15) is 11.1 Å². The van der Waals surface area contributed by atoms with Crippen molar-refractivity contribution in [2.75, 3.05) is 0 Å². The Morgan fingerprint density at radius 1 is 1.00 bits per heavy atom. The summed E-state index contributed by atoms with van der Waals surface area (Å²) in [6.45, 7) is 0. The summed E-state index contributed by atoms with van der Waals surface area (Å²) in [5.74, 6) is -1.48. The Kier molecular flexibility index (Phi) is 6.50. The average Bonchev–Trinajstić information content (AvgIpc) is 2.68. The molecular weight excluding hydrogens is 365 g/mol. The SMILES string of the molecule is O=C(O)C1CCC(NC(=O)C(Sc2ccc(F)cc2)c2ccccc2)CC1. The zero-order valence-corrected chi connectivity index (χ0v) is 15.6. The van der Waals surface area contributed by atoms with E-state index in [0.29, 0.717) is 25.7 Å². The number of carboxylic acids is 1. The fraction of sp³-hybridized carbons (Fsp3) is 0.333. The summed E-state index contributed by atoms with van der Waals surface area (Å²) >= 11 is 1.38. The van der Waals surface area contributed by atoms with Gasteiger partial charge in [0, 0.05) is 10.9 Å². The number of carbonyl (C=O) groups is 2. The van der Waals surface area contributed by atoms with E-state index in [2.05, 4.69) is 5.32 Å². The first-order valence-corrected chi connectivity index (χ1v) is 9.91. The maximum absolute atomic E-state index is 13.2. The molecule has 0 aliphatic heterocycles. The first-order valence-electron chi connectivity index (χ1n) is 9.03. The van der Waals surface area contributed by atoms with Gasteiger partial charge < -0.3 is 10.4 Å². The molecule has 2 aromatic rings. The molecule has 3 rings (SSSR count). The minimum absolute atomic E-state index is 0.00636. The molecule has 1 unspecified atom stereocenters. The zero-order valence-electron chi connectivity index (χ0n) is 14.8. The minimum atomic E-state index is -0.756. The number of rotatable bonds is 6. The summed E-state index contributed by atoms with van der Waals surface area (Å²) in [5, 5.41) is 11.7. The predicted molar refractivity (Wildman–Crippen MR) is 103 cm³/mol. The molecule has 0 saturated heterocycles. The number of amides is 1. The molecule has 1 amide bonds. The lowest BCUT2D eigenvalue weighted by atomic mass is 9.86. The number of carboxylic acid groups (broad SMARTS) is 1. The third kappa shape index (κ3) is 5.32. The molecule has 2 aromatic carbocycles. The van der Waals surface area contributed by atoms with Crippen molar-refractivity contribution in [1.29, 1.82) is 0 Å². The van der Waals surface area contributed by atoms with E-state index in [1.807, 2.05) is 30.3 Å².